The molecule has 2 atom stereocenters. The molecule has 2 N–H and O–H groups in total. The first-order chi connectivity index (χ1) is 15.4. The zero-order valence-corrected chi connectivity index (χ0v) is 18.3. The van der Waals surface area contributed by atoms with E-state index in [0.29, 0.717) is 19.4 Å². The largest absolute Gasteiger partial charge is 0.480 e. The van der Waals surface area contributed by atoms with Crippen LogP contribution in [0.1, 0.15) is 43.7 Å². The minimum absolute atomic E-state index is 0.0728. The van der Waals surface area contributed by atoms with E-state index in [1.54, 1.807) is 0 Å². The molecule has 2 unspecified atom stereocenters. The third-order valence-corrected chi connectivity index (χ3v) is 6.37. The van der Waals surface area contributed by atoms with Crippen LogP contribution in [0, 0.1) is 5.92 Å². The van der Waals surface area contributed by atoms with Crippen LogP contribution in [0.15, 0.2) is 48.5 Å². The van der Waals surface area contributed by atoms with Crippen molar-refractivity contribution in [2.24, 2.45) is 5.92 Å². The molecule has 168 valence electrons. The van der Waals surface area contributed by atoms with Crippen LogP contribution in [0.5, 0.6) is 0 Å². The maximum atomic E-state index is 13.0. The van der Waals surface area contributed by atoms with Gasteiger partial charge in [0.25, 0.3) is 0 Å². The summed E-state index contributed by atoms with van der Waals surface area (Å²) in [5, 5.41) is 12.1. The molecule has 1 saturated heterocycles. The van der Waals surface area contributed by atoms with Gasteiger partial charge >= 0.3 is 12.1 Å². The van der Waals surface area contributed by atoms with Gasteiger partial charge in [-0.05, 0) is 41.0 Å². The quantitative estimate of drug-likeness (QED) is 0.721. The van der Waals surface area contributed by atoms with Gasteiger partial charge in [0.05, 0.1) is 0 Å². The molecule has 0 aromatic heterocycles. The Kier molecular flexibility index (Phi) is 6.17. The smallest absolute Gasteiger partial charge is 0.407 e. The summed E-state index contributed by atoms with van der Waals surface area (Å²) in [7, 11) is 0. The van der Waals surface area contributed by atoms with Crippen molar-refractivity contribution in [1.82, 2.24) is 10.2 Å². The number of fused-ring (bicyclic) bond motifs is 3. The van der Waals surface area contributed by atoms with Crippen LogP contribution >= 0.6 is 0 Å². The van der Waals surface area contributed by atoms with Gasteiger partial charge in [-0.3, -0.25) is 4.79 Å². The highest BCUT2D eigenvalue weighted by molar-refractivity contribution is 5.90. The van der Waals surface area contributed by atoms with E-state index in [9.17, 15) is 19.5 Å². The minimum Gasteiger partial charge on any atom is -0.480 e. The van der Waals surface area contributed by atoms with Gasteiger partial charge in [-0.25, -0.2) is 9.59 Å². The third-order valence-electron chi connectivity index (χ3n) is 6.37. The van der Waals surface area contributed by atoms with E-state index in [0.717, 1.165) is 22.3 Å². The van der Waals surface area contributed by atoms with Crippen LogP contribution in [0.2, 0.25) is 0 Å². The molecule has 0 saturated carbocycles. The van der Waals surface area contributed by atoms with Crippen LogP contribution in [0.3, 0.4) is 0 Å². The topological polar surface area (TPSA) is 95.9 Å². The number of aliphatic carboxylic acids is 1. The summed E-state index contributed by atoms with van der Waals surface area (Å²) < 4.78 is 5.57. The van der Waals surface area contributed by atoms with Gasteiger partial charge in [0, 0.05) is 12.5 Å². The molecule has 7 nitrogen and oxygen atoms in total. The number of hydrogen-bond acceptors (Lipinski definition) is 4. The molecule has 1 heterocycles. The summed E-state index contributed by atoms with van der Waals surface area (Å²) in [6.45, 7) is 4.17. The number of carboxylic acids is 1. The first-order valence-corrected chi connectivity index (χ1v) is 11.0. The van der Waals surface area contributed by atoms with Gasteiger partial charge in [0.15, 0.2) is 0 Å². The Morgan fingerprint density at radius 2 is 1.66 bits per heavy atom. The molecule has 4 rings (SSSR count). The first-order valence-electron chi connectivity index (χ1n) is 11.0. The number of carboxylic acid groups (broad SMARTS) is 1. The Labute approximate surface area is 187 Å². The second-order valence-electron chi connectivity index (χ2n) is 8.72. The molecule has 7 heteroatoms. The lowest BCUT2D eigenvalue weighted by Gasteiger charge is -2.29. The minimum atomic E-state index is -1.01. The molecule has 32 heavy (non-hydrogen) atoms. The van der Waals surface area contributed by atoms with Crippen molar-refractivity contribution >= 4 is 18.0 Å². The van der Waals surface area contributed by atoms with E-state index in [-0.39, 0.29) is 24.3 Å². The summed E-state index contributed by atoms with van der Waals surface area (Å²) >= 11 is 0. The van der Waals surface area contributed by atoms with E-state index in [1.165, 1.54) is 4.90 Å². The molecule has 1 aliphatic carbocycles. The highest BCUT2D eigenvalue weighted by atomic mass is 16.5. The fourth-order valence-corrected chi connectivity index (χ4v) is 4.75. The fourth-order valence-electron chi connectivity index (χ4n) is 4.75. The van der Waals surface area contributed by atoms with Gasteiger partial charge in [0.2, 0.25) is 5.91 Å². The number of likely N-dealkylation sites (tertiary alicyclic amines) is 1. The number of ether oxygens (including phenoxy) is 1. The van der Waals surface area contributed by atoms with E-state index in [4.69, 9.17) is 4.74 Å². The van der Waals surface area contributed by atoms with Crippen LogP contribution in [0.4, 0.5) is 4.79 Å². The van der Waals surface area contributed by atoms with E-state index in [1.807, 2.05) is 50.2 Å². The van der Waals surface area contributed by atoms with Crippen LogP contribution in [0.25, 0.3) is 11.1 Å². The predicted octanol–water partition coefficient (Wildman–Crippen LogP) is 3.63. The van der Waals surface area contributed by atoms with Crippen molar-refractivity contribution < 1.29 is 24.2 Å². The summed E-state index contributed by atoms with van der Waals surface area (Å²) in [6.07, 6.45) is 0.389. The fraction of sp³-hybridized carbons (Fsp3) is 0.400. The number of nitrogens with one attached hydrogen (secondary N) is 1. The van der Waals surface area contributed by atoms with E-state index in [2.05, 4.69) is 17.4 Å². The molecule has 1 aliphatic heterocycles. The first kappa shape index (κ1) is 21.9. The molecular weight excluding hydrogens is 408 g/mol. The van der Waals surface area contributed by atoms with Crippen molar-refractivity contribution in [2.75, 3.05) is 13.2 Å². The zero-order chi connectivity index (χ0) is 22.8. The summed E-state index contributed by atoms with van der Waals surface area (Å²) in [5.74, 6) is -1.67. The molecule has 0 bridgehead atoms. The molecular formula is C25H28N2O5. The Morgan fingerprint density at radius 1 is 1.06 bits per heavy atom. The molecule has 1 fully saturated rings. The van der Waals surface area contributed by atoms with Crippen molar-refractivity contribution in [2.45, 2.75) is 44.7 Å². The summed E-state index contributed by atoms with van der Waals surface area (Å²) in [4.78, 5) is 38.5. The van der Waals surface area contributed by atoms with Crippen molar-refractivity contribution in [3.63, 3.8) is 0 Å². The monoisotopic (exact) mass is 436 g/mol. The second kappa shape index (κ2) is 9.02. The Hall–Kier alpha value is -3.35. The highest BCUT2D eigenvalue weighted by Crippen LogP contribution is 2.44. The lowest BCUT2D eigenvalue weighted by atomic mass is 9.98. The van der Waals surface area contributed by atoms with Crippen LogP contribution < -0.4 is 5.32 Å². The lowest BCUT2D eigenvalue weighted by molar-refractivity contribution is -0.149. The number of carbonyl (C=O) groups excluding carboxylic acids is 2. The molecule has 0 radical (unpaired) electrons. The van der Waals surface area contributed by atoms with Gasteiger partial charge in [-0.1, -0.05) is 62.4 Å². The van der Waals surface area contributed by atoms with Gasteiger partial charge < -0.3 is 20.1 Å². The number of nitrogens with zero attached hydrogens (tertiary/aromatic N) is 1. The Morgan fingerprint density at radius 3 is 2.22 bits per heavy atom. The molecule has 2 aromatic carbocycles. The zero-order valence-electron chi connectivity index (χ0n) is 18.3. The van der Waals surface area contributed by atoms with Gasteiger partial charge in [-0.15, -0.1) is 0 Å². The number of alkyl carbamates (subject to hydrolysis) is 1. The van der Waals surface area contributed by atoms with Crippen LogP contribution in [-0.4, -0.2) is 53.2 Å². The number of amides is 2. The number of hydrogen-bond donors (Lipinski definition) is 2. The maximum absolute atomic E-state index is 13.0. The summed E-state index contributed by atoms with van der Waals surface area (Å²) in [6, 6.07) is 14.5. The molecule has 2 aliphatic rings. The molecule has 0 spiro atoms. The van der Waals surface area contributed by atoms with Crippen molar-refractivity contribution in [3.05, 3.63) is 59.7 Å². The number of carbonyl (C=O) groups is 3. The maximum Gasteiger partial charge on any atom is 0.407 e. The molecule has 2 amide bonds. The Bertz CT molecular complexity index is 989. The third kappa shape index (κ3) is 4.07. The summed E-state index contributed by atoms with van der Waals surface area (Å²) in [5.41, 5.74) is 4.50. The van der Waals surface area contributed by atoms with E-state index < -0.39 is 24.1 Å². The number of rotatable bonds is 6. The average molecular weight is 437 g/mol. The van der Waals surface area contributed by atoms with Crippen LogP contribution in [-0.2, 0) is 14.3 Å². The highest BCUT2D eigenvalue weighted by Gasteiger charge is 2.39. The van der Waals surface area contributed by atoms with Gasteiger partial charge in [-0.2, -0.15) is 0 Å². The predicted molar refractivity (Wildman–Crippen MR) is 119 cm³/mol. The average Bonchev–Trinajstić information content (AvgIpc) is 3.39. The van der Waals surface area contributed by atoms with Crippen molar-refractivity contribution in [1.29, 1.82) is 0 Å². The normalized spacial score (nSPS) is 18.2. The SMILES string of the molecule is CC(C)C(NC(=O)OCC1c2ccccc2-c2ccccc21)C(=O)N1CCCC1C(=O)O. The van der Waals surface area contributed by atoms with E-state index >= 15 is 0 Å². The standard InChI is InChI=1S/C25H28N2O5/c1-15(2)22(23(28)27-13-7-12-21(27)24(29)30)26-25(31)32-14-20-18-10-5-3-8-16(18)17-9-4-6-11-19(17)20/h3-6,8-11,15,20-22H,7,12-14H2,1-2H3,(H,26,31)(H,29,30). The van der Waals surface area contributed by atoms with Gasteiger partial charge in [0.1, 0.15) is 18.7 Å². The second-order valence-corrected chi connectivity index (χ2v) is 8.72. The number of benzene rings is 2. The van der Waals surface area contributed by atoms with Crippen molar-refractivity contribution in [3.8, 4) is 11.1 Å². The lowest BCUT2D eigenvalue weighted by Crippen LogP contribution is -2.53. The Balaban J connectivity index is 1.44. The molecule has 2 aromatic rings.